The lowest BCUT2D eigenvalue weighted by Crippen LogP contribution is -1.97. The maximum atomic E-state index is 6.19. The van der Waals surface area contributed by atoms with Gasteiger partial charge in [0, 0.05) is 34.7 Å². The molecule has 0 saturated carbocycles. The summed E-state index contributed by atoms with van der Waals surface area (Å²) in [6, 6.07) is 3.87. The molecule has 0 aromatic carbocycles. The van der Waals surface area contributed by atoms with Gasteiger partial charge in [-0.1, -0.05) is 25.4 Å². The Bertz CT molecular complexity index is 738. The minimum absolute atomic E-state index is 0.353. The Hall–Kier alpha value is -1.74. The largest absolute Gasteiger partial charge is 0.264 e. The summed E-state index contributed by atoms with van der Waals surface area (Å²) in [7, 11) is 0. The summed E-state index contributed by atoms with van der Waals surface area (Å²) in [6.45, 7) is 4.27. The molecule has 0 spiro atoms. The van der Waals surface area contributed by atoms with Crippen LogP contribution in [0, 0.1) is 0 Å². The van der Waals surface area contributed by atoms with Crippen LogP contribution in [0.1, 0.15) is 25.5 Å². The fourth-order valence-electron chi connectivity index (χ4n) is 2.22. The lowest BCUT2D eigenvalue weighted by molar-refractivity contribution is 0.840. The maximum absolute atomic E-state index is 6.19. The van der Waals surface area contributed by atoms with E-state index in [1.165, 1.54) is 0 Å². The summed E-state index contributed by atoms with van der Waals surface area (Å²) in [5.74, 6) is 0.353. The minimum Gasteiger partial charge on any atom is -0.264 e. The van der Waals surface area contributed by atoms with Crippen molar-refractivity contribution >= 4 is 33.3 Å². The van der Waals surface area contributed by atoms with Gasteiger partial charge in [0.15, 0.2) is 0 Å². The number of pyridine rings is 3. The van der Waals surface area contributed by atoms with Crippen LogP contribution in [0.25, 0.3) is 21.7 Å². The van der Waals surface area contributed by atoms with Crippen LogP contribution in [0.4, 0.5) is 0 Å². The molecule has 3 aromatic rings. The van der Waals surface area contributed by atoms with E-state index in [0.717, 1.165) is 27.4 Å². The van der Waals surface area contributed by atoms with Crippen molar-refractivity contribution in [2.45, 2.75) is 19.8 Å². The lowest BCUT2D eigenvalue weighted by Gasteiger charge is -2.11. The van der Waals surface area contributed by atoms with E-state index in [9.17, 15) is 0 Å². The van der Waals surface area contributed by atoms with Crippen LogP contribution in [-0.4, -0.2) is 15.0 Å². The van der Waals surface area contributed by atoms with Gasteiger partial charge in [-0.15, -0.1) is 0 Å². The third-order valence-electron chi connectivity index (χ3n) is 3.04. The Labute approximate surface area is 110 Å². The van der Waals surface area contributed by atoms with Crippen molar-refractivity contribution < 1.29 is 0 Å². The van der Waals surface area contributed by atoms with Crippen molar-refractivity contribution in [1.29, 1.82) is 0 Å². The molecule has 0 aliphatic carbocycles. The molecular weight excluding hydrogens is 246 g/mol. The summed E-state index contributed by atoms with van der Waals surface area (Å²) >= 11 is 6.19. The second-order valence-electron chi connectivity index (χ2n) is 4.57. The Balaban J connectivity index is 2.58. The number of rotatable bonds is 1. The number of hydrogen-bond donors (Lipinski definition) is 0. The molecule has 0 radical (unpaired) electrons. The van der Waals surface area contributed by atoms with Crippen LogP contribution in [0.5, 0.6) is 0 Å². The van der Waals surface area contributed by atoms with Gasteiger partial charge in [0.1, 0.15) is 5.15 Å². The molecule has 3 rings (SSSR count). The molecule has 0 saturated heterocycles. The number of aromatic nitrogens is 3. The quantitative estimate of drug-likeness (QED) is 0.489. The first-order valence-electron chi connectivity index (χ1n) is 5.86. The molecule has 0 N–H and O–H groups in total. The first-order chi connectivity index (χ1) is 8.68. The molecule has 0 amide bonds. The van der Waals surface area contributed by atoms with Gasteiger partial charge in [-0.3, -0.25) is 9.97 Å². The molecular formula is C14H12ClN3. The molecule has 0 aliphatic rings. The van der Waals surface area contributed by atoms with E-state index in [-0.39, 0.29) is 0 Å². The first-order valence-corrected chi connectivity index (χ1v) is 6.24. The zero-order valence-electron chi connectivity index (χ0n) is 10.2. The Morgan fingerprint density at radius 3 is 2.72 bits per heavy atom. The van der Waals surface area contributed by atoms with Gasteiger partial charge in [0.2, 0.25) is 0 Å². The molecule has 3 nitrogen and oxygen atoms in total. The Morgan fingerprint density at radius 2 is 1.94 bits per heavy atom. The predicted octanol–water partition coefficient (Wildman–Crippen LogP) is 3.95. The SMILES string of the molecule is CC(C)c1nc2ccnc(Cl)c2c2cnccc12. The van der Waals surface area contributed by atoms with Crippen LogP contribution in [0.3, 0.4) is 0 Å². The molecule has 0 unspecified atom stereocenters. The highest BCUT2D eigenvalue weighted by molar-refractivity contribution is 6.36. The molecule has 0 aliphatic heterocycles. The zero-order chi connectivity index (χ0) is 12.7. The van der Waals surface area contributed by atoms with Crippen LogP contribution in [0.15, 0.2) is 30.7 Å². The van der Waals surface area contributed by atoms with Gasteiger partial charge < -0.3 is 0 Å². The second-order valence-corrected chi connectivity index (χ2v) is 4.93. The number of halogens is 1. The first kappa shape index (κ1) is 11.4. The van der Waals surface area contributed by atoms with E-state index in [1.54, 1.807) is 12.4 Å². The number of nitrogens with zero attached hydrogens (tertiary/aromatic N) is 3. The molecule has 0 atom stereocenters. The van der Waals surface area contributed by atoms with Gasteiger partial charge in [0.25, 0.3) is 0 Å². The van der Waals surface area contributed by atoms with Crippen molar-refractivity contribution in [3.8, 4) is 0 Å². The van der Waals surface area contributed by atoms with Gasteiger partial charge in [0.05, 0.1) is 11.2 Å². The molecule has 3 heterocycles. The zero-order valence-corrected chi connectivity index (χ0v) is 10.9. The monoisotopic (exact) mass is 257 g/mol. The highest BCUT2D eigenvalue weighted by Crippen LogP contribution is 2.32. The fraction of sp³-hybridized carbons (Fsp3) is 0.214. The van der Waals surface area contributed by atoms with Crippen molar-refractivity contribution in [1.82, 2.24) is 15.0 Å². The van der Waals surface area contributed by atoms with Crippen molar-refractivity contribution in [2.75, 3.05) is 0 Å². The minimum atomic E-state index is 0.353. The molecule has 18 heavy (non-hydrogen) atoms. The Kier molecular flexibility index (Phi) is 2.63. The van der Waals surface area contributed by atoms with E-state index in [0.29, 0.717) is 11.1 Å². The second kappa shape index (κ2) is 4.18. The third kappa shape index (κ3) is 1.63. The van der Waals surface area contributed by atoms with E-state index < -0.39 is 0 Å². The topological polar surface area (TPSA) is 38.7 Å². The van der Waals surface area contributed by atoms with Gasteiger partial charge in [-0.2, -0.15) is 0 Å². The molecule has 0 fully saturated rings. The highest BCUT2D eigenvalue weighted by Gasteiger charge is 2.13. The predicted molar refractivity (Wildman–Crippen MR) is 73.9 cm³/mol. The standard InChI is InChI=1S/C14H12ClN3/c1-8(2)13-9-3-5-16-7-10(9)12-11(18-13)4-6-17-14(12)15/h3-8H,1-2H3. The summed E-state index contributed by atoms with van der Waals surface area (Å²) in [5.41, 5.74) is 1.95. The summed E-state index contributed by atoms with van der Waals surface area (Å²) in [6.07, 6.45) is 5.30. The van der Waals surface area contributed by atoms with E-state index >= 15 is 0 Å². The van der Waals surface area contributed by atoms with Crippen LogP contribution < -0.4 is 0 Å². The van der Waals surface area contributed by atoms with Crippen molar-refractivity contribution in [3.63, 3.8) is 0 Å². The van der Waals surface area contributed by atoms with E-state index in [2.05, 4.69) is 23.8 Å². The average Bonchev–Trinajstić information content (AvgIpc) is 2.37. The molecule has 90 valence electrons. The molecule has 4 heteroatoms. The van der Waals surface area contributed by atoms with E-state index in [1.807, 2.05) is 18.3 Å². The van der Waals surface area contributed by atoms with Crippen molar-refractivity contribution in [2.24, 2.45) is 0 Å². The third-order valence-corrected chi connectivity index (χ3v) is 3.32. The summed E-state index contributed by atoms with van der Waals surface area (Å²) in [4.78, 5) is 13.0. The van der Waals surface area contributed by atoms with Crippen LogP contribution in [-0.2, 0) is 0 Å². The number of fused-ring (bicyclic) bond motifs is 3. The van der Waals surface area contributed by atoms with Crippen LogP contribution >= 0.6 is 11.6 Å². The van der Waals surface area contributed by atoms with Gasteiger partial charge in [-0.05, 0) is 18.1 Å². The normalized spacial score (nSPS) is 11.6. The van der Waals surface area contributed by atoms with Gasteiger partial charge in [-0.25, -0.2) is 4.98 Å². The lowest BCUT2D eigenvalue weighted by atomic mass is 10.0. The van der Waals surface area contributed by atoms with Gasteiger partial charge >= 0.3 is 0 Å². The summed E-state index contributed by atoms with van der Waals surface area (Å²) < 4.78 is 0. The fourth-order valence-corrected chi connectivity index (χ4v) is 2.47. The van der Waals surface area contributed by atoms with Crippen molar-refractivity contribution in [3.05, 3.63) is 41.6 Å². The summed E-state index contributed by atoms with van der Waals surface area (Å²) in [5, 5.41) is 3.48. The average molecular weight is 258 g/mol. The highest BCUT2D eigenvalue weighted by atomic mass is 35.5. The maximum Gasteiger partial charge on any atom is 0.139 e. The van der Waals surface area contributed by atoms with E-state index in [4.69, 9.17) is 16.6 Å². The molecule has 3 aromatic heterocycles. The number of hydrogen-bond acceptors (Lipinski definition) is 3. The molecule has 0 bridgehead atoms. The Morgan fingerprint density at radius 1 is 1.11 bits per heavy atom. The van der Waals surface area contributed by atoms with Crippen LogP contribution in [0.2, 0.25) is 5.15 Å². The smallest absolute Gasteiger partial charge is 0.139 e.